The van der Waals surface area contributed by atoms with E-state index >= 15 is 0 Å². The lowest BCUT2D eigenvalue weighted by Crippen LogP contribution is -1.84. The minimum Gasteiger partial charge on any atom is -0.254 e. The molecule has 2 heterocycles. The third-order valence-corrected chi connectivity index (χ3v) is 3.19. The smallest absolute Gasteiger partial charge is 0.101 e. The fraction of sp³-hybridized carbons (Fsp3) is 0.429. The molecule has 0 N–H and O–H groups in total. The summed E-state index contributed by atoms with van der Waals surface area (Å²) in [6, 6.07) is 4.19. The molecule has 0 aliphatic rings. The van der Waals surface area contributed by atoms with Crippen molar-refractivity contribution >= 4 is 21.6 Å². The topological polar surface area (TPSA) is 36.7 Å². The average molecular weight is 248 g/mol. The van der Waals surface area contributed by atoms with Crippen LogP contribution < -0.4 is 0 Å². The van der Waals surface area contributed by atoms with Gasteiger partial charge in [0.05, 0.1) is 15.8 Å². The first kappa shape index (κ1) is 15.6. The zero-order valence-electron chi connectivity index (χ0n) is 11.5. The van der Waals surface area contributed by atoms with Crippen molar-refractivity contribution in [3.8, 4) is 6.07 Å². The van der Waals surface area contributed by atoms with Crippen LogP contribution in [-0.2, 0) is 0 Å². The second-order valence-corrected chi connectivity index (χ2v) is 4.24. The zero-order chi connectivity index (χ0) is 13.4. The predicted octanol–water partition coefficient (Wildman–Crippen LogP) is 4.84. The highest BCUT2D eigenvalue weighted by Gasteiger charge is 2.06. The maximum Gasteiger partial charge on any atom is 0.101 e. The van der Waals surface area contributed by atoms with Crippen LogP contribution in [0.4, 0.5) is 0 Å². The van der Waals surface area contributed by atoms with E-state index in [2.05, 4.69) is 18.0 Å². The number of pyridine rings is 1. The molecule has 2 nitrogen and oxygen atoms in total. The Morgan fingerprint density at radius 1 is 1.18 bits per heavy atom. The van der Waals surface area contributed by atoms with Gasteiger partial charge in [-0.15, -0.1) is 11.3 Å². The van der Waals surface area contributed by atoms with Gasteiger partial charge in [0, 0.05) is 11.1 Å². The number of rotatable bonds is 0. The van der Waals surface area contributed by atoms with Gasteiger partial charge in [-0.3, -0.25) is 4.98 Å². The number of nitriles is 1. The number of fused-ring (bicyclic) bond motifs is 1. The van der Waals surface area contributed by atoms with E-state index in [-0.39, 0.29) is 0 Å². The van der Waals surface area contributed by atoms with Crippen LogP contribution in [0.25, 0.3) is 10.2 Å². The second kappa shape index (κ2) is 7.81. The molecule has 0 spiro atoms. The molecule has 2 rings (SSSR count). The number of thiophene rings is 1. The summed E-state index contributed by atoms with van der Waals surface area (Å²) in [4.78, 5) is 5.46. The first-order valence-electron chi connectivity index (χ1n) is 5.98. The van der Waals surface area contributed by atoms with Crippen molar-refractivity contribution in [3.63, 3.8) is 0 Å². The molecular weight excluding hydrogens is 228 g/mol. The lowest BCUT2D eigenvalue weighted by atomic mass is 10.1. The van der Waals surface area contributed by atoms with Crippen LogP contribution in [0.3, 0.4) is 0 Å². The van der Waals surface area contributed by atoms with Crippen molar-refractivity contribution in [2.75, 3.05) is 0 Å². The van der Waals surface area contributed by atoms with Gasteiger partial charge in [-0.05, 0) is 25.5 Å². The molecular formula is C14H20N2S. The molecule has 2 aromatic heterocycles. The molecule has 0 amide bonds. The fourth-order valence-electron chi connectivity index (χ4n) is 1.33. The Morgan fingerprint density at radius 2 is 1.76 bits per heavy atom. The van der Waals surface area contributed by atoms with Crippen molar-refractivity contribution < 1.29 is 0 Å². The summed E-state index contributed by atoms with van der Waals surface area (Å²) in [5.41, 5.74) is 2.72. The number of hydrogen-bond acceptors (Lipinski definition) is 3. The van der Waals surface area contributed by atoms with E-state index in [0.29, 0.717) is 5.56 Å². The normalized spacial score (nSPS) is 8.53. The zero-order valence-corrected chi connectivity index (χ0v) is 12.3. The summed E-state index contributed by atoms with van der Waals surface area (Å²) < 4.78 is 1.14. The number of aryl methyl sites for hydroxylation is 2. The van der Waals surface area contributed by atoms with Gasteiger partial charge in [-0.25, -0.2) is 0 Å². The van der Waals surface area contributed by atoms with E-state index < -0.39 is 0 Å². The highest BCUT2D eigenvalue weighted by Crippen LogP contribution is 2.27. The van der Waals surface area contributed by atoms with E-state index in [1.165, 1.54) is 4.88 Å². The van der Waals surface area contributed by atoms with E-state index in [1.807, 2.05) is 40.7 Å². The molecule has 0 aliphatic heterocycles. The second-order valence-electron chi connectivity index (χ2n) is 2.98. The Morgan fingerprint density at radius 3 is 2.29 bits per heavy atom. The van der Waals surface area contributed by atoms with Crippen molar-refractivity contribution in [2.45, 2.75) is 41.5 Å². The van der Waals surface area contributed by atoms with Gasteiger partial charge < -0.3 is 0 Å². The van der Waals surface area contributed by atoms with E-state index in [1.54, 1.807) is 17.5 Å². The maximum absolute atomic E-state index is 8.80. The quantitative estimate of drug-likeness (QED) is 0.669. The van der Waals surface area contributed by atoms with Gasteiger partial charge in [-0.1, -0.05) is 27.7 Å². The summed E-state index contributed by atoms with van der Waals surface area (Å²) >= 11 is 1.69. The SMILES string of the molecule is CC.CC.Cc1cc2ncc(C#N)c(C)c2s1. The number of hydrogen-bond donors (Lipinski definition) is 0. The standard InChI is InChI=1S/C10H8N2S.2C2H6/c1-6-3-9-10(13-6)7(2)8(4-11)5-12-9;2*1-2/h3,5H,1-2H3;2*1-2H3. The minimum atomic E-state index is 0.675. The molecule has 0 atom stereocenters. The fourth-order valence-corrected chi connectivity index (χ4v) is 2.30. The lowest BCUT2D eigenvalue weighted by molar-refractivity contribution is 1.33. The Hall–Kier alpha value is -1.40. The van der Waals surface area contributed by atoms with Gasteiger partial charge >= 0.3 is 0 Å². The molecule has 0 saturated heterocycles. The van der Waals surface area contributed by atoms with Crippen LogP contribution in [0, 0.1) is 25.2 Å². The number of nitrogens with zero attached hydrogens (tertiary/aromatic N) is 2. The molecule has 0 aromatic carbocycles. The Kier molecular flexibility index (Phi) is 7.16. The van der Waals surface area contributed by atoms with Gasteiger partial charge in [0.25, 0.3) is 0 Å². The largest absolute Gasteiger partial charge is 0.254 e. The Bertz CT molecular complexity index is 507. The van der Waals surface area contributed by atoms with Gasteiger partial charge in [0.1, 0.15) is 6.07 Å². The Balaban J connectivity index is 0.000000581. The molecule has 0 radical (unpaired) electrons. The van der Waals surface area contributed by atoms with Crippen molar-refractivity contribution in [3.05, 3.63) is 28.3 Å². The van der Waals surface area contributed by atoms with Crippen molar-refractivity contribution in [2.24, 2.45) is 0 Å². The lowest BCUT2D eigenvalue weighted by Gasteiger charge is -1.96. The molecule has 0 bridgehead atoms. The maximum atomic E-state index is 8.80. The number of aromatic nitrogens is 1. The van der Waals surface area contributed by atoms with Crippen LogP contribution in [0.15, 0.2) is 12.3 Å². The van der Waals surface area contributed by atoms with Crippen LogP contribution in [0.5, 0.6) is 0 Å². The first-order valence-corrected chi connectivity index (χ1v) is 6.80. The highest BCUT2D eigenvalue weighted by molar-refractivity contribution is 7.19. The molecule has 92 valence electrons. The molecule has 0 unspecified atom stereocenters. The summed E-state index contributed by atoms with van der Waals surface area (Å²) in [6.07, 6.45) is 1.64. The van der Waals surface area contributed by atoms with Crippen molar-refractivity contribution in [1.29, 1.82) is 5.26 Å². The van der Waals surface area contributed by atoms with Gasteiger partial charge in [-0.2, -0.15) is 5.26 Å². The molecule has 0 saturated carbocycles. The Labute approximate surface area is 108 Å². The third kappa shape index (κ3) is 3.54. The summed E-state index contributed by atoms with van der Waals surface area (Å²) in [6.45, 7) is 12.0. The van der Waals surface area contributed by atoms with E-state index in [0.717, 1.165) is 15.8 Å². The predicted molar refractivity (Wildman–Crippen MR) is 76.5 cm³/mol. The summed E-state index contributed by atoms with van der Waals surface area (Å²) in [5.74, 6) is 0. The van der Waals surface area contributed by atoms with Crippen LogP contribution in [0.2, 0.25) is 0 Å². The average Bonchev–Trinajstić information content (AvgIpc) is 2.76. The molecule has 3 heteroatoms. The molecule has 0 fully saturated rings. The summed E-state index contributed by atoms with van der Waals surface area (Å²) in [5, 5.41) is 8.80. The van der Waals surface area contributed by atoms with Crippen LogP contribution in [0.1, 0.15) is 43.7 Å². The summed E-state index contributed by atoms with van der Waals surface area (Å²) in [7, 11) is 0. The molecule has 17 heavy (non-hydrogen) atoms. The van der Waals surface area contributed by atoms with Gasteiger partial charge in [0.15, 0.2) is 0 Å². The third-order valence-electron chi connectivity index (χ3n) is 2.03. The first-order chi connectivity index (χ1) is 8.22. The molecule has 0 aliphatic carbocycles. The highest BCUT2D eigenvalue weighted by atomic mass is 32.1. The van der Waals surface area contributed by atoms with Crippen molar-refractivity contribution in [1.82, 2.24) is 4.98 Å². The van der Waals surface area contributed by atoms with Crippen LogP contribution >= 0.6 is 11.3 Å². The monoisotopic (exact) mass is 248 g/mol. The van der Waals surface area contributed by atoms with Crippen LogP contribution in [-0.4, -0.2) is 4.98 Å². The van der Waals surface area contributed by atoms with E-state index in [4.69, 9.17) is 5.26 Å². The minimum absolute atomic E-state index is 0.675. The van der Waals surface area contributed by atoms with E-state index in [9.17, 15) is 0 Å². The van der Waals surface area contributed by atoms with Gasteiger partial charge in [0.2, 0.25) is 0 Å². The molecule has 2 aromatic rings.